The van der Waals surface area contributed by atoms with E-state index in [0.717, 1.165) is 17.1 Å². The molecule has 0 saturated heterocycles. The molecule has 4 heteroatoms. The Morgan fingerprint density at radius 1 is 1.77 bits per heavy atom. The highest BCUT2D eigenvalue weighted by molar-refractivity contribution is 7.09. The molecular formula is C9H14N2OS. The number of aromatic nitrogens is 1. The van der Waals surface area contributed by atoms with Crippen molar-refractivity contribution < 1.29 is 4.74 Å². The molecule has 0 saturated carbocycles. The van der Waals surface area contributed by atoms with Gasteiger partial charge < -0.3 is 10.5 Å². The molecule has 1 aromatic heterocycles. The van der Waals surface area contributed by atoms with Crippen molar-refractivity contribution in [2.45, 2.75) is 13.3 Å². The summed E-state index contributed by atoms with van der Waals surface area (Å²) in [5.41, 5.74) is 6.25. The van der Waals surface area contributed by atoms with Crippen molar-refractivity contribution >= 4 is 17.1 Å². The van der Waals surface area contributed by atoms with Crippen LogP contribution in [0.25, 0.3) is 5.76 Å². The fraction of sp³-hybridized carbons (Fsp3) is 0.444. The Hall–Kier alpha value is -0.870. The average Bonchev–Trinajstić information content (AvgIpc) is 2.54. The second-order valence-electron chi connectivity index (χ2n) is 2.52. The highest BCUT2D eigenvalue weighted by atomic mass is 32.1. The summed E-state index contributed by atoms with van der Waals surface area (Å²) in [5.74, 6) is 0.641. The van der Waals surface area contributed by atoms with Crippen molar-refractivity contribution in [3.05, 3.63) is 22.7 Å². The van der Waals surface area contributed by atoms with E-state index in [1.165, 1.54) is 0 Å². The van der Waals surface area contributed by atoms with E-state index in [2.05, 4.69) is 11.6 Å². The third-order valence-electron chi connectivity index (χ3n) is 1.51. The van der Waals surface area contributed by atoms with Gasteiger partial charge in [0.1, 0.15) is 11.5 Å². The SMILES string of the molecule is C=C(OCC)c1csc(CCN)n1. The molecule has 0 radical (unpaired) electrons. The first-order valence-electron chi connectivity index (χ1n) is 4.24. The monoisotopic (exact) mass is 198 g/mol. The number of nitrogens with two attached hydrogens (primary N) is 1. The van der Waals surface area contributed by atoms with Crippen LogP contribution in [0.5, 0.6) is 0 Å². The van der Waals surface area contributed by atoms with E-state index in [1.807, 2.05) is 12.3 Å². The lowest BCUT2D eigenvalue weighted by molar-refractivity contribution is 0.298. The Balaban J connectivity index is 2.62. The molecule has 3 nitrogen and oxygen atoms in total. The summed E-state index contributed by atoms with van der Waals surface area (Å²) in [7, 11) is 0. The lowest BCUT2D eigenvalue weighted by Crippen LogP contribution is -2.02. The predicted molar refractivity (Wildman–Crippen MR) is 55.5 cm³/mol. The van der Waals surface area contributed by atoms with Crippen LogP contribution >= 0.6 is 11.3 Å². The zero-order valence-corrected chi connectivity index (χ0v) is 8.56. The number of rotatable bonds is 5. The molecule has 2 N–H and O–H groups in total. The van der Waals surface area contributed by atoms with E-state index in [9.17, 15) is 0 Å². The molecule has 0 fully saturated rings. The van der Waals surface area contributed by atoms with E-state index in [4.69, 9.17) is 10.5 Å². The number of nitrogens with zero attached hydrogens (tertiary/aromatic N) is 1. The molecule has 0 aliphatic carbocycles. The van der Waals surface area contributed by atoms with Crippen LogP contribution in [0.15, 0.2) is 12.0 Å². The largest absolute Gasteiger partial charge is 0.492 e. The quantitative estimate of drug-likeness (QED) is 0.732. The summed E-state index contributed by atoms with van der Waals surface area (Å²) in [5, 5.41) is 2.99. The van der Waals surface area contributed by atoms with Crippen LogP contribution in [0.2, 0.25) is 0 Å². The van der Waals surface area contributed by atoms with Crippen LogP contribution in [0.3, 0.4) is 0 Å². The Morgan fingerprint density at radius 2 is 2.54 bits per heavy atom. The summed E-state index contributed by atoms with van der Waals surface area (Å²) in [4.78, 5) is 4.33. The number of thiazole rings is 1. The van der Waals surface area contributed by atoms with Crippen LogP contribution in [-0.4, -0.2) is 18.1 Å². The minimum absolute atomic E-state index is 0.628. The van der Waals surface area contributed by atoms with Gasteiger partial charge in [-0.05, 0) is 13.5 Å². The molecule has 0 aliphatic heterocycles. The average molecular weight is 198 g/mol. The Bertz CT molecular complexity index is 283. The Morgan fingerprint density at radius 3 is 3.15 bits per heavy atom. The Kier molecular flexibility index (Phi) is 3.92. The second kappa shape index (κ2) is 4.99. The molecule has 0 atom stereocenters. The molecule has 13 heavy (non-hydrogen) atoms. The minimum atomic E-state index is 0.628. The number of hydrogen-bond acceptors (Lipinski definition) is 4. The van der Waals surface area contributed by atoms with Crippen LogP contribution < -0.4 is 5.73 Å². The molecule has 0 bridgehead atoms. The first kappa shape index (κ1) is 10.2. The van der Waals surface area contributed by atoms with Gasteiger partial charge in [-0.1, -0.05) is 6.58 Å². The molecule has 1 aromatic rings. The zero-order valence-electron chi connectivity index (χ0n) is 7.75. The van der Waals surface area contributed by atoms with Gasteiger partial charge in [0.25, 0.3) is 0 Å². The van der Waals surface area contributed by atoms with Crippen molar-refractivity contribution in [1.29, 1.82) is 0 Å². The molecule has 0 aromatic carbocycles. The van der Waals surface area contributed by atoms with Gasteiger partial charge in [0, 0.05) is 11.8 Å². The van der Waals surface area contributed by atoms with Gasteiger partial charge in [0.2, 0.25) is 0 Å². The summed E-state index contributed by atoms with van der Waals surface area (Å²) in [6.07, 6.45) is 0.823. The molecule has 72 valence electrons. The van der Waals surface area contributed by atoms with E-state index in [0.29, 0.717) is 18.9 Å². The standard InChI is InChI=1S/C9H14N2OS/c1-3-12-7(2)8-6-13-9(11-8)4-5-10/h6H,2-5,10H2,1H3. The smallest absolute Gasteiger partial charge is 0.138 e. The minimum Gasteiger partial charge on any atom is -0.492 e. The highest BCUT2D eigenvalue weighted by Gasteiger charge is 2.04. The van der Waals surface area contributed by atoms with Crippen molar-refractivity contribution in [3.63, 3.8) is 0 Å². The van der Waals surface area contributed by atoms with Crippen molar-refractivity contribution in [2.24, 2.45) is 5.73 Å². The second-order valence-corrected chi connectivity index (χ2v) is 3.46. The molecule has 0 aliphatic rings. The maximum absolute atomic E-state index is 5.42. The van der Waals surface area contributed by atoms with Crippen molar-refractivity contribution in [1.82, 2.24) is 4.98 Å². The summed E-state index contributed by atoms with van der Waals surface area (Å²) < 4.78 is 5.24. The fourth-order valence-corrected chi connectivity index (χ4v) is 1.74. The summed E-state index contributed by atoms with van der Waals surface area (Å²) in [6.45, 7) is 6.97. The third-order valence-corrected chi connectivity index (χ3v) is 2.42. The maximum Gasteiger partial charge on any atom is 0.138 e. The van der Waals surface area contributed by atoms with Gasteiger partial charge in [-0.3, -0.25) is 0 Å². The van der Waals surface area contributed by atoms with Gasteiger partial charge in [0.05, 0.1) is 11.6 Å². The van der Waals surface area contributed by atoms with Crippen LogP contribution in [0.4, 0.5) is 0 Å². The first-order valence-corrected chi connectivity index (χ1v) is 5.12. The lowest BCUT2D eigenvalue weighted by atomic mass is 10.4. The molecule has 1 rings (SSSR count). The third kappa shape index (κ3) is 2.82. The van der Waals surface area contributed by atoms with Crippen LogP contribution in [0.1, 0.15) is 17.6 Å². The summed E-state index contributed by atoms with van der Waals surface area (Å²) in [6, 6.07) is 0. The molecular weight excluding hydrogens is 184 g/mol. The van der Waals surface area contributed by atoms with Crippen molar-refractivity contribution in [3.8, 4) is 0 Å². The highest BCUT2D eigenvalue weighted by Crippen LogP contribution is 2.17. The molecule has 0 unspecified atom stereocenters. The van der Waals surface area contributed by atoms with Gasteiger partial charge in [-0.2, -0.15) is 0 Å². The van der Waals surface area contributed by atoms with E-state index >= 15 is 0 Å². The lowest BCUT2D eigenvalue weighted by Gasteiger charge is -2.01. The number of hydrogen-bond donors (Lipinski definition) is 1. The predicted octanol–water partition coefficient (Wildman–Crippen LogP) is 1.65. The van der Waals surface area contributed by atoms with Crippen LogP contribution in [-0.2, 0) is 11.2 Å². The number of ether oxygens (including phenoxy) is 1. The van der Waals surface area contributed by atoms with Gasteiger partial charge in [-0.25, -0.2) is 4.98 Å². The maximum atomic E-state index is 5.42. The Labute approximate surface area is 82.2 Å². The fourth-order valence-electron chi connectivity index (χ4n) is 0.925. The van der Waals surface area contributed by atoms with E-state index < -0.39 is 0 Å². The van der Waals surface area contributed by atoms with E-state index in [1.54, 1.807) is 11.3 Å². The normalized spacial score (nSPS) is 10.0. The topological polar surface area (TPSA) is 48.1 Å². The van der Waals surface area contributed by atoms with E-state index in [-0.39, 0.29) is 0 Å². The summed E-state index contributed by atoms with van der Waals surface area (Å²) >= 11 is 1.60. The molecule has 0 spiro atoms. The molecule has 1 heterocycles. The first-order chi connectivity index (χ1) is 6.27. The van der Waals surface area contributed by atoms with Gasteiger partial charge in [-0.15, -0.1) is 11.3 Å². The van der Waals surface area contributed by atoms with Gasteiger partial charge in [0.15, 0.2) is 0 Å². The van der Waals surface area contributed by atoms with Crippen LogP contribution in [0, 0.1) is 0 Å². The van der Waals surface area contributed by atoms with Crippen molar-refractivity contribution in [2.75, 3.05) is 13.2 Å². The zero-order chi connectivity index (χ0) is 9.68. The van der Waals surface area contributed by atoms with Gasteiger partial charge >= 0.3 is 0 Å². The molecule has 0 amide bonds.